The van der Waals surface area contributed by atoms with Gasteiger partial charge in [-0.1, -0.05) is 18.2 Å². The summed E-state index contributed by atoms with van der Waals surface area (Å²) in [5.74, 6) is 0.267. The minimum atomic E-state index is -0.321. The van der Waals surface area contributed by atoms with Crippen molar-refractivity contribution in [2.45, 2.75) is 32.5 Å². The predicted molar refractivity (Wildman–Crippen MR) is 77.9 cm³/mol. The van der Waals surface area contributed by atoms with Crippen molar-refractivity contribution in [2.24, 2.45) is 0 Å². The van der Waals surface area contributed by atoms with Gasteiger partial charge in [-0.25, -0.2) is 0 Å². The van der Waals surface area contributed by atoms with Crippen LogP contribution in [0.1, 0.15) is 20.3 Å². The van der Waals surface area contributed by atoms with Gasteiger partial charge in [0.2, 0.25) is 0 Å². The molecule has 0 fully saturated rings. The van der Waals surface area contributed by atoms with Gasteiger partial charge in [-0.2, -0.15) is 0 Å². The van der Waals surface area contributed by atoms with Gasteiger partial charge in [0, 0.05) is 20.3 Å². The minimum Gasteiger partial charge on any atom is -0.497 e. The van der Waals surface area contributed by atoms with Crippen LogP contribution in [0.5, 0.6) is 5.75 Å². The van der Waals surface area contributed by atoms with Crippen LogP contribution in [-0.2, 0) is 19.1 Å². The third-order valence-corrected chi connectivity index (χ3v) is 2.62. The Hall–Kier alpha value is -2.30. The molecule has 2 atom stereocenters. The van der Waals surface area contributed by atoms with Crippen molar-refractivity contribution < 1.29 is 23.8 Å². The number of carbonyl (C=O) groups excluding carboxylic acids is 2. The van der Waals surface area contributed by atoms with E-state index >= 15 is 0 Å². The van der Waals surface area contributed by atoms with Crippen molar-refractivity contribution in [3.8, 4) is 5.75 Å². The maximum Gasteiger partial charge on any atom is 0.303 e. The Balaban J connectivity index is 0.000000235. The van der Waals surface area contributed by atoms with Crippen LogP contribution in [0.3, 0.4) is 0 Å². The smallest absolute Gasteiger partial charge is 0.303 e. The Morgan fingerprint density at radius 2 is 1.43 bits per heavy atom. The molecule has 0 radical (unpaired) electrons. The number of benzene rings is 1. The molecule has 0 saturated carbocycles. The van der Waals surface area contributed by atoms with E-state index in [0.717, 1.165) is 5.75 Å². The summed E-state index contributed by atoms with van der Waals surface area (Å²) in [5, 5.41) is 0. The molecule has 0 bridgehead atoms. The van der Waals surface area contributed by atoms with Gasteiger partial charge in [0.25, 0.3) is 0 Å². The zero-order valence-corrected chi connectivity index (χ0v) is 12.4. The highest BCUT2D eigenvalue weighted by Crippen LogP contribution is 2.17. The first-order valence-electron chi connectivity index (χ1n) is 6.63. The Bertz CT molecular complexity index is 457. The molecule has 1 aliphatic rings. The molecular weight excluding hydrogens is 272 g/mol. The highest BCUT2D eigenvalue weighted by molar-refractivity contribution is 5.67. The summed E-state index contributed by atoms with van der Waals surface area (Å²) in [6.45, 7) is 2.71. The van der Waals surface area contributed by atoms with E-state index in [-0.39, 0.29) is 24.1 Å². The number of esters is 2. The fourth-order valence-corrected chi connectivity index (χ4v) is 1.79. The van der Waals surface area contributed by atoms with E-state index in [1.54, 1.807) is 19.3 Å². The van der Waals surface area contributed by atoms with E-state index < -0.39 is 0 Å². The Kier molecular flexibility index (Phi) is 7.01. The first-order valence-corrected chi connectivity index (χ1v) is 6.63. The van der Waals surface area contributed by atoms with E-state index in [9.17, 15) is 9.59 Å². The number of ether oxygens (including phenoxy) is 3. The quantitative estimate of drug-likeness (QED) is 0.632. The van der Waals surface area contributed by atoms with Crippen LogP contribution in [0.15, 0.2) is 42.5 Å². The predicted octanol–water partition coefficient (Wildman–Crippen LogP) is 2.50. The fraction of sp³-hybridized carbons (Fsp3) is 0.375. The molecule has 1 aromatic rings. The Labute approximate surface area is 124 Å². The van der Waals surface area contributed by atoms with Crippen molar-refractivity contribution in [1.29, 1.82) is 0 Å². The zero-order chi connectivity index (χ0) is 15.7. The average Bonchev–Trinajstić information content (AvgIpc) is 2.86. The molecular formula is C16H20O5. The molecule has 0 saturated heterocycles. The molecule has 5 nitrogen and oxygen atoms in total. The van der Waals surface area contributed by atoms with Crippen LogP contribution < -0.4 is 4.74 Å². The van der Waals surface area contributed by atoms with Gasteiger partial charge < -0.3 is 14.2 Å². The van der Waals surface area contributed by atoms with E-state index in [1.165, 1.54) is 13.8 Å². The van der Waals surface area contributed by atoms with Gasteiger partial charge in [-0.15, -0.1) is 0 Å². The lowest BCUT2D eigenvalue weighted by atomic mass is 10.3. The maximum atomic E-state index is 10.6. The SMILES string of the molecule is CC(=O)OC1C=CC(OC(C)=O)C1.COc1ccccc1. The number of hydrogen-bond donors (Lipinski definition) is 0. The fourth-order valence-electron chi connectivity index (χ4n) is 1.79. The molecule has 1 aromatic carbocycles. The van der Waals surface area contributed by atoms with Crippen LogP contribution in [0.4, 0.5) is 0 Å². The summed E-state index contributed by atoms with van der Waals surface area (Å²) in [7, 11) is 1.66. The molecule has 0 aliphatic heterocycles. The van der Waals surface area contributed by atoms with Crippen LogP contribution in [0.25, 0.3) is 0 Å². The van der Waals surface area contributed by atoms with Gasteiger partial charge in [-0.05, 0) is 24.3 Å². The summed E-state index contributed by atoms with van der Waals surface area (Å²) in [6.07, 6.45) is 3.49. The van der Waals surface area contributed by atoms with Crippen molar-refractivity contribution >= 4 is 11.9 Å². The monoisotopic (exact) mass is 292 g/mol. The molecule has 21 heavy (non-hydrogen) atoms. The lowest BCUT2D eigenvalue weighted by Gasteiger charge is -2.11. The Morgan fingerprint density at radius 1 is 0.952 bits per heavy atom. The van der Waals surface area contributed by atoms with Crippen LogP contribution in [0, 0.1) is 0 Å². The summed E-state index contributed by atoms with van der Waals surface area (Å²) in [5.41, 5.74) is 0. The average molecular weight is 292 g/mol. The first kappa shape index (κ1) is 16.8. The highest BCUT2D eigenvalue weighted by atomic mass is 16.6. The standard InChI is InChI=1S/C9H12O4.C7H8O/c1-6(10)12-8-3-4-9(5-8)13-7(2)11;1-8-7-5-3-2-4-6-7/h3-4,8-9H,5H2,1-2H3;2-6H,1H3. The topological polar surface area (TPSA) is 61.8 Å². The molecule has 0 heterocycles. The third kappa shape index (κ3) is 7.15. The molecule has 0 aromatic heterocycles. The molecule has 5 heteroatoms. The van der Waals surface area contributed by atoms with Crippen molar-refractivity contribution in [2.75, 3.05) is 7.11 Å². The molecule has 1 aliphatic carbocycles. The van der Waals surface area contributed by atoms with Gasteiger partial charge in [0.1, 0.15) is 18.0 Å². The molecule has 114 valence electrons. The largest absolute Gasteiger partial charge is 0.497 e. The molecule has 2 rings (SSSR count). The van der Waals surface area contributed by atoms with E-state index in [0.29, 0.717) is 6.42 Å². The van der Waals surface area contributed by atoms with E-state index in [4.69, 9.17) is 14.2 Å². The van der Waals surface area contributed by atoms with Gasteiger partial charge in [-0.3, -0.25) is 9.59 Å². The minimum absolute atomic E-state index is 0.248. The molecule has 0 N–H and O–H groups in total. The van der Waals surface area contributed by atoms with E-state index in [2.05, 4.69) is 0 Å². The summed E-state index contributed by atoms with van der Waals surface area (Å²) >= 11 is 0. The second-order valence-electron chi connectivity index (χ2n) is 4.43. The maximum absolute atomic E-state index is 10.6. The second kappa shape index (κ2) is 8.79. The number of methoxy groups -OCH3 is 1. The summed E-state index contributed by atoms with van der Waals surface area (Å²) in [6, 6.07) is 9.68. The van der Waals surface area contributed by atoms with Crippen LogP contribution in [-0.4, -0.2) is 31.3 Å². The molecule has 0 amide bonds. The molecule has 2 unspecified atom stereocenters. The van der Waals surface area contributed by atoms with Gasteiger partial charge in [0.05, 0.1) is 7.11 Å². The lowest BCUT2D eigenvalue weighted by molar-refractivity contribution is -0.147. The number of carbonyl (C=O) groups is 2. The summed E-state index contributed by atoms with van der Waals surface area (Å²) in [4.78, 5) is 21.1. The third-order valence-electron chi connectivity index (χ3n) is 2.62. The zero-order valence-electron chi connectivity index (χ0n) is 12.4. The van der Waals surface area contributed by atoms with Gasteiger partial charge >= 0.3 is 11.9 Å². The summed E-state index contributed by atoms with van der Waals surface area (Å²) < 4.78 is 14.7. The number of rotatable bonds is 3. The normalized spacial score (nSPS) is 19.2. The van der Waals surface area contributed by atoms with Gasteiger partial charge in [0.15, 0.2) is 0 Å². The number of para-hydroxylation sites is 1. The van der Waals surface area contributed by atoms with Crippen LogP contribution >= 0.6 is 0 Å². The van der Waals surface area contributed by atoms with Crippen LogP contribution in [0.2, 0.25) is 0 Å². The van der Waals surface area contributed by atoms with Crippen molar-refractivity contribution in [3.63, 3.8) is 0 Å². The van der Waals surface area contributed by atoms with Crippen molar-refractivity contribution in [1.82, 2.24) is 0 Å². The van der Waals surface area contributed by atoms with Crippen molar-refractivity contribution in [3.05, 3.63) is 42.5 Å². The highest BCUT2D eigenvalue weighted by Gasteiger charge is 2.22. The van der Waals surface area contributed by atoms with E-state index in [1.807, 2.05) is 30.3 Å². The number of hydrogen-bond acceptors (Lipinski definition) is 5. The Morgan fingerprint density at radius 3 is 1.76 bits per heavy atom. The second-order valence-corrected chi connectivity index (χ2v) is 4.43. The molecule has 0 spiro atoms. The first-order chi connectivity index (χ1) is 10.0. The lowest BCUT2D eigenvalue weighted by Crippen LogP contribution is -2.17.